The highest BCUT2D eigenvalue weighted by Crippen LogP contribution is 2.49. The minimum atomic E-state index is -0.925. The molecule has 1 fully saturated rings. The minimum absolute atomic E-state index is 0.103. The number of ether oxygens (including phenoxy) is 1. The fraction of sp³-hybridized carbons (Fsp3) is 0.217. The van der Waals surface area contributed by atoms with E-state index in [0.717, 1.165) is 11.1 Å². The Morgan fingerprint density at radius 3 is 2.53 bits per heavy atom. The van der Waals surface area contributed by atoms with Crippen molar-refractivity contribution in [3.8, 4) is 5.75 Å². The lowest BCUT2D eigenvalue weighted by Crippen LogP contribution is -2.67. The van der Waals surface area contributed by atoms with E-state index in [9.17, 15) is 9.59 Å². The number of urea groups is 1. The van der Waals surface area contributed by atoms with Crippen LogP contribution in [-0.4, -0.2) is 22.6 Å². The number of halogens is 1. The lowest BCUT2D eigenvalue weighted by molar-refractivity contribution is 0.00170. The molecule has 2 atom stereocenters. The van der Waals surface area contributed by atoms with E-state index in [1.54, 1.807) is 17.0 Å². The maximum absolute atomic E-state index is 13.8. The van der Waals surface area contributed by atoms with Crippen molar-refractivity contribution in [3.63, 3.8) is 0 Å². The number of imide groups is 1. The molecule has 30 heavy (non-hydrogen) atoms. The average Bonchev–Trinajstić information content (AvgIpc) is 3.15. The van der Waals surface area contributed by atoms with E-state index < -0.39 is 23.7 Å². The van der Waals surface area contributed by atoms with Crippen LogP contribution in [0, 0.1) is 6.92 Å². The molecule has 7 heteroatoms. The van der Waals surface area contributed by atoms with Crippen LogP contribution in [0.1, 0.15) is 41.1 Å². The van der Waals surface area contributed by atoms with Crippen molar-refractivity contribution in [2.45, 2.75) is 32.0 Å². The molecule has 1 aromatic heterocycles. The van der Waals surface area contributed by atoms with Gasteiger partial charge in [-0.1, -0.05) is 35.9 Å². The van der Waals surface area contributed by atoms with Crippen LogP contribution >= 0.6 is 15.9 Å². The zero-order valence-electron chi connectivity index (χ0n) is 16.5. The number of fused-ring (bicyclic) bond motifs is 4. The van der Waals surface area contributed by atoms with Crippen LogP contribution < -0.4 is 9.64 Å². The number of hydrogen-bond acceptors (Lipinski definition) is 4. The second kappa shape index (κ2) is 6.74. The number of rotatable bonds is 2. The summed E-state index contributed by atoms with van der Waals surface area (Å²) in [6.07, 6.45) is 0.442. The molecule has 3 aromatic rings. The summed E-state index contributed by atoms with van der Waals surface area (Å²) >= 11 is 3.23. The topological polar surface area (TPSA) is 63.0 Å². The van der Waals surface area contributed by atoms with Gasteiger partial charge in [0.25, 0.3) is 5.91 Å². The van der Waals surface area contributed by atoms with Crippen LogP contribution in [-0.2, 0) is 0 Å². The van der Waals surface area contributed by atoms with Crippen molar-refractivity contribution in [2.24, 2.45) is 0 Å². The summed E-state index contributed by atoms with van der Waals surface area (Å²) < 4.78 is 12.2. The molecule has 6 nitrogen and oxygen atoms in total. The molecule has 2 aromatic carbocycles. The van der Waals surface area contributed by atoms with Gasteiger partial charge in [-0.05, 0) is 60.1 Å². The molecule has 3 amide bonds. The van der Waals surface area contributed by atoms with Gasteiger partial charge >= 0.3 is 6.03 Å². The van der Waals surface area contributed by atoms with Gasteiger partial charge < -0.3 is 9.15 Å². The Kier molecular flexibility index (Phi) is 4.25. The van der Waals surface area contributed by atoms with Gasteiger partial charge in [-0.3, -0.25) is 9.69 Å². The highest BCUT2D eigenvalue weighted by Gasteiger charge is 2.55. The molecule has 0 saturated carbocycles. The Balaban J connectivity index is 1.67. The number of carbonyl (C=O) groups is 2. The number of carbonyl (C=O) groups excluding carboxylic acids is 2. The molecule has 2 bridgehead atoms. The third-order valence-electron chi connectivity index (χ3n) is 5.66. The van der Waals surface area contributed by atoms with Gasteiger partial charge in [-0.25, -0.2) is 9.69 Å². The fourth-order valence-electron chi connectivity index (χ4n) is 4.26. The molecule has 152 valence electrons. The highest BCUT2D eigenvalue weighted by molar-refractivity contribution is 9.10. The van der Waals surface area contributed by atoms with Gasteiger partial charge in [0.15, 0.2) is 16.2 Å². The Morgan fingerprint density at radius 1 is 1.10 bits per heavy atom. The molecule has 0 unspecified atom stereocenters. The maximum Gasteiger partial charge on any atom is 0.335 e. The molecular weight excluding hydrogens is 448 g/mol. The van der Waals surface area contributed by atoms with E-state index in [-0.39, 0.29) is 5.76 Å². The maximum atomic E-state index is 13.8. The molecule has 3 heterocycles. The van der Waals surface area contributed by atoms with Gasteiger partial charge in [0.1, 0.15) is 5.75 Å². The van der Waals surface area contributed by atoms with Gasteiger partial charge in [-0.15, -0.1) is 0 Å². The standard InChI is InChI=1S/C23H19BrN2O4/c1-14-7-9-15(10-8-14)26-22(28)25(21(27)19-11-12-20(24)29-19)17-13-23(26,2)30-18-6-4-3-5-16(17)18/h3-12,17H,13H2,1-2H3/t17-,23+/m1/s1. The number of amides is 3. The van der Waals surface area contributed by atoms with Crippen LogP contribution in [0.2, 0.25) is 0 Å². The van der Waals surface area contributed by atoms with Crippen molar-refractivity contribution < 1.29 is 18.7 Å². The van der Waals surface area contributed by atoms with Gasteiger partial charge in [0.2, 0.25) is 0 Å². The van der Waals surface area contributed by atoms with Crippen LogP contribution in [0.3, 0.4) is 0 Å². The Hall–Kier alpha value is -3.06. The first kappa shape index (κ1) is 18.9. The van der Waals surface area contributed by atoms with Gasteiger partial charge in [-0.2, -0.15) is 0 Å². The predicted molar refractivity (Wildman–Crippen MR) is 114 cm³/mol. The monoisotopic (exact) mass is 466 g/mol. The summed E-state index contributed by atoms with van der Waals surface area (Å²) in [7, 11) is 0. The molecule has 2 aliphatic rings. The summed E-state index contributed by atoms with van der Waals surface area (Å²) in [4.78, 5) is 30.0. The second-order valence-corrected chi connectivity index (χ2v) is 8.55. The number of aryl methyl sites for hydroxylation is 1. The molecule has 5 rings (SSSR count). The molecule has 1 saturated heterocycles. The molecular formula is C23H19BrN2O4. The number of hydrogen-bond donors (Lipinski definition) is 0. The lowest BCUT2D eigenvalue weighted by Gasteiger charge is -2.53. The largest absolute Gasteiger partial charge is 0.467 e. The van der Waals surface area contributed by atoms with Crippen molar-refractivity contribution in [2.75, 3.05) is 4.90 Å². The van der Waals surface area contributed by atoms with E-state index in [1.165, 1.54) is 4.90 Å². The molecule has 0 aliphatic carbocycles. The molecule has 0 N–H and O–H groups in total. The van der Waals surface area contributed by atoms with E-state index in [0.29, 0.717) is 22.5 Å². The van der Waals surface area contributed by atoms with Gasteiger partial charge in [0, 0.05) is 17.7 Å². The lowest BCUT2D eigenvalue weighted by atomic mass is 9.88. The summed E-state index contributed by atoms with van der Waals surface area (Å²) in [6.45, 7) is 3.87. The van der Waals surface area contributed by atoms with E-state index in [2.05, 4.69) is 15.9 Å². The van der Waals surface area contributed by atoms with E-state index in [4.69, 9.17) is 9.15 Å². The fourth-order valence-corrected chi connectivity index (χ4v) is 4.57. The van der Waals surface area contributed by atoms with E-state index >= 15 is 0 Å². The second-order valence-electron chi connectivity index (χ2n) is 7.77. The number of anilines is 1. The van der Waals surface area contributed by atoms with Crippen LogP contribution in [0.25, 0.3) is 0 Å². The average molecular weight is 467 g/mol. The Bertz CT molecular complexity index is 1160. The van der Waals surface area contributed by atoms with Gasteiger partial charge in [0.05, 0.1) is 6.04 Å². The first-order valence-corrected chi connectivity index (χ1v) is 10.4. The van der Waals surface area contributed by atoms with E-state index in [1.807, 2.05) is 62.4 Å². The minimum Gasteiger partial charge on any atom is -0.467 e. The summed E-state index contributed by atoms with van der Waals surface area (Å²) in [5, 5.41) is 0. The number of furan rings is 1. The summed E-state index contributed by atoms with van der Waals surface area (Å²) in [5.41, 5.74) is 1.64. The summed E-state index contributed by atoms with van der Waals surface area (Å²) in [6, 6.07) is 17.5. The molecule has 2 aliphatic heterocycles. The molecule has 0 radical (unpaired) electrons. The predicted octanol–water partition coefficient (Wildman–Crippen LogP) is 5.67. The van der Waals surface area contributed by atoms with Crippen LogP contribution in [0.4, 0.5) is 10.5 Å². The third-order valence-corrected chi connectivity index (χ3v) is 6.08. The van der Waals surface area contributed by atoms with Crippen molar-refractivity contribution in [3.05, 3.63) is 82.2 Å². The third kappa shape index (κ3) is 2.84. The number of nitrogens with zero attached hydrogens (tertiary/aromatic N) is 2. The molecule has 0 spiro atoms. The van der Waals surface area contributed by atoms with Crippen molar-refractivity contribution in [1.29, 1.82) is 0 Å². The van der Waals surface area contributed by atoms with Crippen molar-refractivity contribution in [1.82, 2.24) is 4.90 Å². The first-order chi connectivity index (χ1) is 14.4. The zero-order chi connectivity index (χ0) is 21.0. The Morgan fingerprint density at radius 2 is 1.83 bits per heavy atom. The van der Waals surface area contributed by atoms with Crippen LogP contribution in [0.15, 0.2) is 69.8 Å². The number of para-hydroxylation sites is 1. The SMILES string of the molecule is Cc1ccc(N2C(=O)N(C(=O)c3ccc(Br)o3)[C@@H]3C[C@]2(C)Oc2ccccc23)cc1. The quantitative estimate of drug-likeness (QED) is 0.487. The zero-order valence-corrected chi connectivity index (χ0v) is 18.0. The van der Waals surface area contributed by atoms with Crippen molar-refractivity contribution >= 4 is 33.6 Å². The summed E-state index contributed by atoms with van der Waals surface area (Å²) in [5.74, 6) is 0.289. The number of benzene rings is 2. The Labute approximate surface area is 182 Å². The smallest absolute Gasteiger partial charge is 0.335 e. The first-order valence-electron chi connectivity index (χ1n) is 9.65. The highest BCUT2D eigenvalue weighted by atomic mass is 79.9. The van der Waals surface area contributed by atoms with Crippen LogP contribution in [0.5, 0.6) is 5.75 Å². The normalized spacial score (nSPS) is 22.5.